The molecule has 4 rings (SSSR count). The summed E-state index contributed by atoms with van der Waals surface area (Å²) >= 11 is 0. The third kappa shape index (κ3) is 3.83. The minimum Gasteiger partial charge on any atom is -0.393 e. The Morgan fingerprint density at radius 1 is 1.03 bits per heavy atom. The molecule has 4 saturated carbocycles. The Balaban J connectivity index is 1.59. The van der Waals surface area contributed by atoms with Crippen LogP contribution >= 0.6 is 0 Å². The average Bonchev–Trinajstić information content (AvgIpc) is 3.05. The molecule has 0 aromatic carbocycles. The second-order valence-corrected chi connectivity index (χ2v) is 13.3. The van der Waals surface area contributed by atoms with Crippen LogP contribution in [0.3, 0.4) is 0 Å². The lowest BCUT2D eigenvalue weighted by Crippen LogP contribution is -2.69. The zero-order valence-corrected chi connectivity index (χ0v) is 21.7. The summed E-state index contributed by atoms with van der Waals surface area (Å²) < 4.78 is 0. The molecule has 0 spiro atoms. The molecule has 0 aliphatic heterocycles. The van der Waals surface area contributed by atoms with E-state index in [4.69, 9.17) is 0 Å². The van der Waals surface area contributed by atoms with E-state index in [1.165, 1.54) is 0 Å². The highest BCUT2D eigenvalue weighted by atomic mass is 16.3. The maximum Gasteiger partial charge on any atom is 0.0985 e. The van der Waals surface area contributed by atoms with Crippen molar-refractivity contribution in [3.05, 3.63) is 12.2 Å². The monoisotopic (exact) mass is 480 g/mol. The lowest BCUT2D eigenvalue weighted by Gasteiger charge is -2.65. The van der Waals surface area contributed by atoms with Gasteiger partial charge in [-0.2, -0.15) is 0 Å². The number of hydrogen-bond donors (Lipinski definition) is 6. The lowest BCUT2D eigenvalue weighted by atomic mass is 9.42. The number of fused-ring (bicyclic) bond motifs is 5. The first kappa shape index (κ1) is 26.6. The van der Waals surface area contributed by atoms with Gasteiger partial charge in [-0.3, -0.25) is 0 Å². The summed E-state index contributed by atoms with van der Waals surface area (Å²) in [5.74, 6) is 0.773. The summed E-state index contributed by atoms with van der Waals surface area (Å²) in [6.07, 6.45) is 6.98. The number of aliphatic hydroxyl groups is 6. The van der Waals surface area contributed by atoms with Gasteiger partial charge >= 0.3 is 0 Å². The number of aliphatic hydroxyl groups excluding tert-OH is 4. The van der Waals surface area contributed by atoms with Crippen LogP contribution in [0.2, 0.25) is 0 Å². The van der Waals surface area contributed by atoms with Gasteiger partial charge in [0.05, 0.1) is 36.1 Å². The molecule has 4 fully saturated rings. The summed E-state index contributed by atoms with van der Waals surface area (Å²) in [4.78, 5) is 0. The number of allylic oxidation sites excluding steroid dienone is 1. The van der Waals surface area contributed by atoms with Crippen LogP contribution in [-0.2, 0) is 0 Å². The zero-order valence-electron chi connectivity index (χ0n) is 21.7. The molecule has 0 bridgehead atoms. The molecule has 0 heterocycles. The van der Waals surface area contributed by atoms with Crippen molar-refractivity contribution < 1.29 is 30.6 Å². The standard InChI is InChI=1S/C28H48O6/c1-16(6-7-17(2)27(5,33)15-29)21-13-22(31)24-19-12-23(32)28(34)14-18(30)8-11-26(28,4)20(19)9-10-25(21,24)3/h6-7,16-24,29-34H,8-15H2,1-5H3/b7-6+/t16-,17+,18+,19-,20+,21-,22+,23-,24-,25-,26-,27+,28+/m1/s1. The molecule has 196 valence electrons. The van der Waals surface area contributed by atoms with Crippen molar-refractivity contribution in [1.29, 1.82) is 0 Å². The smallest absolute Gasteiger partial charge is 0.0985 e. The molecule has 4 aliphatic rings. The van der Waals surface area contributed by atoms with Gasteiger partial charge in [-0.1, -0.05) is 39.8 Å². The summed E-state index contributed by atoms with van der Waals surface area (Å²) in [5.41, 5.74) is -2.94. The Bertz CT molecular complexity index is 783. The quantitative estimate of drug-likeness (QED) is 0.337. The van der Waals surface area contributed by atoms with Crippen molar-refractivity contribution in [3.63, 3.8) is 0 Å². The Hall–Kier alpha value is -0.500. The summed E-state index contributed by atoms with van der Waals surface area (Å²) in [7, 11) is 0. The maximum atomic E-state index is 11.6. The first-order valence-corrected chi connectivity index (χ1v) is 13.5. The van der Waals surface area contributed by atoms with E-state index in [-0.39, 0.29) is 54.0 Å². The van der Waals surface area contributed by atoms with Gasteiger partial charge in [0.15, 0.2) is 0 Å². The number of rotatable bonds is 5. The van der Waals surface area contributed by atoms with E-state index in [1.807, 2.05) is 13.0 Å². The highest BCUT2D eigenvalue weighted by molar-refractivity contribution is 5.19. The molecule has 6 nitrogen and oxygen atoms in total. The van der Waals surface area contributed by atoms with Gasteiger partial charge in [-0.25, -0.2) is 0 Å². The molecule has 0 aromatic rings. The summed E-state index contributed by atoms with van der Waals surface area (Å²) in [6.45, 7) is 9.87. The molecule has 0 unspecified atom stereocenters. The third-order valence-corrected chi connectivity index (χ3v) is 11.5. The second-order valence-electron chi connectivity index (χ2n) is 13.3. The van der Waals surface area contributed by atoms with E-state index in [9.17, 15) is 30.6 Å². The Labute approximate surface area is 205 Å². The van der Waals surface area contributed by atoms with Crippen molar-refractivity contribution in [2.45, 2.75) is 109 Å². The average molecular weight is 481 g/mol. The van der Waals surface area contributed by atoms with Crippen LogP contribution in [0.5, 0.6) is 0 Å². The zero-order chi connectivity index (χ0) is 25.3. The fraction of sp³-hybridized carbons (Fsp3) is 0.929. The van der Waals surface area contributed by atoms with Crippen LogP contribution in [0.1, 0.15) is 79.6 Å². The molecule has 34 heavy (non-hydrogen) atoms. The molecule has 0 saturated heterocycles. The van der Waals surface area contributed by atoms with E-state index >= 15 is 0 Å². The van der Waals surface area contributed by atoms with Gasteiger partial charge in [0.2, 0.25) is 0 Å². The molecule has 0 aromatic heterocycles. The van der Waals surface area contributed by atoms with Crippen LogP contribution in [0.4, 0.5) is 0 Å². The van der Waals surface area contributed by atoms with Gasteiger partial charge in [0.25, 0.3) is 0 Å². The second kappa shape index (κ2) is 8.81. The molecule has 6 heteroatoms. The van der Waals surface area contributed by atoms with Gasteiger partial charge in [-0.15, -0.1) is 0 Å². The van der Waals surface area contributed by atoms with Crippen molar-refractivity contribution in [2.75, 3.05) is 6.61 Å². The van der Waals surface area contributed by atoms with Crippen LogP contribution in [0.15, 0.2) is 12.2 Å². The molecular weight excluding hydrogens is 432 g/mol. The summed E-state index contributed by atoms with van der Waals surface area (Å²) in [6, 6.07) is 0. The molecule has 0 amide bonds. The van der Waals surface area contributed by atoms with Crippen molar-refractivity contribution >= 4 is 0 Å². The summed E-state index contributed by atoms with van der Waals surface area (Å²) in [5, 5.41) is 64.3. The Morgan fingerprint density at radius 3 is 2.35 bits per heavy atom. The predicted molar refractivity (Wildman–Crippen MR) is 131 cm³/mol. The van der Waals surface area contributed by atoms with E-state index < -0.39 is 34.9 Å². The van der Waals surface area contributed by atoms with E-state index in [0.717, 1.165) is 19.3 Å². The van der Waals surface area contributed by atoms with E-state index in [0.29, 0.717) is 19.3 Å². The molecule has 4 aliphatic carbocycles. The third-order valence-electron chi connectivity index (χ3n) is 11.5. The van der Waals surface area contributed by atoms with Crippen LogP contribution in [0.25, 0.3) is 0 Å². The Kier molecular flexibility index (Phi) is 6.88. The van der Waals surface area contributed by atoms with Gasteiger partial charge in [-0.05, 0) is 80.5 Å². The first-order valence-electron chi connectivity index (χ1n) is 13.5. The Morgan fingerprint density at radius 2 is 1.71 bits per heavy atom. The van der Waals surface area contributed by atoms with Crippen molar-refractivity contribution in [2.24, 2.45) is 46.3 Å². The molecule has 6 N–H and O–H groups in total. The van der Waals surface area contributed by atoms with E-state index in [2.05, 4.69) is 26.8 Å². The van der Waals surface area contributed by atoms with Gasteiger partial charge in [0.1, 0.15) is 0 Å². The minimum absolute atomic E-state index is 0.0627. The maximum absolute atomic E-state index is 11.6. The highest BCUT2D eigenvalue weighted by Gasteiger charge is 2.68. The normalized spacial score (nSPS) is 52.4. The van der Waals surface area contributed by atoms with E-state index in [1.54, 1.807) is 6.92 Å². The fourth-order valence-corrected chi connectivity index (χ4v) is 9.02. The fourth-order valence-electron chi connectivity index (χ4n) is 9.02. The largest absolute Gasteiger partial charge is 0.393 e. The van der Waals surface area contributed by atoms with Crippen LogP contribution in [0, 0.1) is 46.3 Å². The van der Waals surface area contributed by atoms with Crippen molar-refractivity contribution in [3.8, 4) is 0 Å². The lowest BCUT2D eigenvalue weighted by molar-refractivity contribution is -0.268. The highest BCUT2D eigenvalue weighted by Crippen LogP contribution is 2.69. The van der Waals surface area contributed by atoms with Gasteiger partial charge < -0.3 is 30.6 Å². The molecule has 0 radical (unpaired) electrons. The molecule has 13 atom stereocenters. The number of hydrogen-bond acceptors (Lipinski definition) is 6. The minimum atomic E-state index is -1.27. The van der Waals surface area contributed by atoms with Gasteiger partial charge in [0, 0.05) is 17.8 Å². The predicted octanol–water partition coefficient (Wildman–Crippen LogP) is 2.63. The topological polar surface area (TPSA) is 121 Å². The molecular formula is C28H48O6. The van der Waals surface area contributed by atoms with Crippen LogP contribution < -0.4 is 0 Å². The SMILES string of the molecule is C[C@H](/C=C/[C@H](C)[C@@](C)(O)CO)[C@H]1C[C@H](O)[C@H]2[C@@H]3C[C@@H](O)[C@@]4(O)C[C@@H](O)CC[C@]4(C)[C@H]3CC[C@@]21C. The first-order chi connectivity index (χ1) is 15.7. The van der Waals surface area contributed by atoms with Crippen molar-refractivity contribution in [1.82, 2.24) is 0 Å². The van der Waals surface area contributed by atoms with Crippen LogP contribution in [-0.4, -0.2) is 66.8 Å².